The molecular weight excluding hydrogens is 313 g/mol. The Morgan fingerprint density at radius 2 is 1.95 bits per heavy atom. The van der Waals surface area contributed by atoms with Crippen LogP contribution in [0.3, 0.4) is 0 Å². The number of rotatable bonds is 4. The molecular formula is C11H13F3N2O4S. The Kier molecular flexibility index (Phi) is 4.28. The highest BCUT2D eigenvalue weighted by molar-refractivity contribution is 7.86. The van der Waals surface area contributed by atoms with Gasteiger partial charge in [-0.3, -0.25) is 8.98 Å². The fourth-order valence-electron chi connectivity index (χ4n) is 1.95. The van der Waals surface area contributed by atoms with Gasteiger partial charge in [0.2, 0.25) is 0 Å². The molecule has 0 aliphatic carbocycles. The first-order valence-electron chi connectivity index (χ1n) is 6.13. The highest BCUT2D eigenvalue weighted by Crippen LogP contribution is 2.21. The summed E-state index contributed by atoms with van der Waals surface area (Å²) in [5.41, 5.74) is 0.00563. The van der Waals surface area contributed by atoms with Gasteiger partial charge >= 0.3 is 6.18 Å². The van der Waals surface area contributed by atoms with Crippen LogP contribution in [0.1, 0.15) is 23.3 Å². The molecule has 118 valence electrons. The number of halogens is 3. The van der Waals surface area contributed by atoms with E-state index in [-0.39, 0.29) is 11.6 Å². The predicted octanol–water partition coefficient (Wildman–Crippen LogP) is 1.52. The summed E-state index contributed by atoms with van der Waals surface area (Å²) in [4.78, 5) is 15.5. The molecule has 0 radical (unpaired) electrons. The first-order chi connectivity index (χ1) is 9.69. The molecule has 0 bridgehead atoms. The van der Waals surface area contributed by atoms with E-state index in [1.54, 1.807) is 4.90 Å². The molecule has 0 saturated carbocycles. The van der Waals surface area contributed by atoms with Crippen LogP contribution >= 0.6 is 0 Å². The van der Waals surface area contributed by atoms with Gasteiger partial charge in [-0.15, -0.1) is 0 Å². The van der Waals surface area contributed by atoms with Crippen molar-refractivity contribution in [1.29, 1.82) is 0 Å². The predicted molar refractivity (Wildman–Crippen MR) is 65.1 cm³/mol. The fraction of sp³-hybridized carbons (Fsp3) is 0.545. The van der Waals surface area contributed by atoms with E-state index in [0.29, 0.717) is 13.1 Å². The number of amides is 1. The van der Waals surface area contributed by atoms with Crippen LogP contribution < -0.4 is 0 Å². The van der Waals surface area contributed by atoms with E-state index in [1.807, 2.05) is 0 Å². The number of H-pyrrole nitrogens is 1. The normalized spacial score (nSPS) is 16.4. The number of carbonyl (C=O) groups excluding carboxylic acids is 1. The van der Waals surface area contributed by atoms with E-state index in [2.05, 4.69) is 9.17 Å². The minimum absolute atomic E-state index is 0.00563. The molecule has 1 aromatic rings. The number of aromatic nitrogens is 1. The smallest absolute Gasteiger partial charge is 0.356 e. The van der Waals surface area contributed by atoms with Crippen LogP contribution in [-0.2, 0) is 14.3 Å². The molecule has 1 fully saturated rings. The summed E-state index contributed by atoms with van der Waals surface area (Å²) >= 11 is 0. The lowest BCUT2D eigenvalue weighted by molar-refractivity contribution is -0.152. The van der Waals surface area contributed by atoms with Crippen LogP contribution in [0.25, 0.3) is 0 Å². The molecule has 1 N–H and O–H groups in total. The average Bonchev–Trinajstić information content (AvgIpc) is 3.06. The molecule has 1 aromatic heterocycles. The van der Waals surface area contributed by atoms with Crippen molar-refractivity contribution in [2.75, 3.05) is 19.7 Å². The second-order valence-corrected chi connectivity index (χ2v) is 6.20. The Labute approximate surface area is 119 Å². The topological polar surface area (TPSA) is 79.5 Å². The van der Waals surface area contributed by atoms with E-state index in [1.165, 1.54) is 0 Å². The van der Waals surface area contributed by atoms with Crippen molar-refractivity contribution in [3.8, 4) is 0 Å². The molecule has 1 aliphatic rings. The Hall–Kier alpha value is -1.55. The van der Waals surface area contributed by atoms with Crippen molar-refractivity contribution < 1.29 is 30.6 Å². The number of alkyl halides is 3. The fourth-order valence-corrected chi connectivity index (χ4v) is 2.84. The average molecular weight is 326 g/mol. The number of hydrogen-bond donors (Lipinski definition) is 1. The van der Waals surface area contributed by atoms with E-state index >= 15 is 0 Å². The second kappa shape index (κ2) is 5.68. The number of aromatic amines is 1. The minimum atomic E-state index is -4.75. The van der Waals surface area contributed by atoms with Crippen molar-refractivity contribution in [2.45, 2.75) is 23.9 Å². The van der Waals surface area contributed by atoms with Gasteiger partial charge in [0.1, 0.15) is 10.6 Å². The summed E-state index contributed by atoms with van der Waals surface area (Å²) in [5.74, 6) is -0.384. The van der Waals surface area contributed by atoms with Crippen molar-refractivity contribution in [1.82, 2.24) is 9.88 Å². The Morgan fingerprint density at radius 1 is 1.33 bits per heavy atom. The van der Waals surface area contributed by atoms with Gasteiger partial charge in [0.05, 0.1) is 0 Å². The van der Waals surface area contributed by atoms with Crippen molar-refractivity contribution in [3.05, 3.63) is 18.0 Å². The van der Waals surface area contributed by atoms with Gasteiger partial charge in [0.15, 0.2) is 6.61 Å². The van der Waals surface area contributed by atoms with Gasteiger partial charge in [-0.1, -0.05) is 0 Å². The summed E-state index contributed by atoms with van der Waals surface area (Å²) in [5, 5.41) is 0. The molecule has 0 unspecified atom stereocenters. The summed E-state index contributed by atoms with van der Waals surface area (Å²) in [6, 6.07) is 0.979. The molecule has 1 aliphatic heterocycles. The first kappa shape index (κ1) is 15.8. The lowest BCUT2D eigenvalue weighted by atomic mass is 10.4. The van der Waals surface area contributed by atoms with Crippen LogP contribution in [0.5, 0.6) is 0 Å². The zero-order chi connectivity index (χ0) is 15.7. The Morgan fingerprint density at radius 3 is 2.52 bits per heavy atom. The quantitative estimate of drug-likeness (QED) is 0.851. The molecule has 2 rings (SSSR count). The highest BCUT2D eigenvalue weighted by Gasteiger charge is 2.32. The van der Waals surface area contributed by atoms with Gasteiger partial charge in [0.25, 0.3) is 16.0 Å². The molecule has 0 spiro atoms. The van der Waals surface area contributed by atoms with E-state index in [0.717, 1.165) is 25.1 Å². The maximum absolute atomic E-state index is 12.0. The number of nitrogens with one attached hydrogen (secondary N) is 1. The molecule has 1 amide bonds. The molecule has 0 atom stereocenters. The molecule has 0 aromatic carbocycles. The lowest BCUT2D eigenvalue weighted by Gasteiger charge is -2.13. The maximum atomic E-state index is 12.0. The Bertz CT molecular complexity index is 618. The van der Waals surface area contributed by atoms with Gasteiger partial charge < -0.3 is 9.88 Å². The SMILES string of the molecule is O=C(c1cc(S(=O)(=O)OCC(F)(F)F)c[nH]1)N1CCCC1. The maximum Gasteiger partial charge on any atom is 0.413 e. The largest absolute Gasteiger partial charge is 0.413 e. The van der Waals surface area contributed by atoms with E-state index in [9.17, 15) is 26.4 Å². The summed E-state index contributed by atoms with van der Waals surface area (Å²) in [7, 11) is -4.55. The van der Waals surface area contributed by atoms with E-state index in [4.69, 9.17) is 0 Å². The van der Waals surface area contributed by atoms with Crippen LogP contribution in [0.15, 0.2) is 17.2 Å². The summed E-state index contributed by atoms with van der Waals surface area (Å²) in [6.45, 7) is -0.759. The summed E-state index contributed by atoms with van der Waals surface area (Å²) in [6.07, 6.45) is -2.08. The number of likely N-dealkylation sites (tertiary alicyclic amines) is 1. The third-order valence-electron chi connectivity index (χ3n) is 2.95. The van der Waals surface area contributed by atoms with Gasteiger partial charge in [-0.2, -0.15) is 21.6 Å². The van der Waals surface area contributed by atoms with Crippen LogP contribution in [0, 0.1) is 0 Å². The minimum Gasteiger partial charge on any atom is -0.356 e. The van der Waals surface area contributed by atoms with Crippen molar-refractivity contribution >= 4 is 16.0 Å². The van der Waals surface area contributed by atoms with Crippen molar-refractivity contribution in [3.63, 3.8) is 0 Å². The number of nitrogens with zero attached hydrogens (tertiary/aromatic N) is 1. The van der Waals surface area contributed by atoms with Crippen molar-refractivity contribution in [2.24, 2.45) is 0 Å². The van der Waals surface area contributed by atoms with E-state index < -0.39 is 27.8 Å². The summed E-state index contributed by atoms with van der Waals surface area (Å²) < 4.78 is 63.0. The van der Waals surface area contributed by atoms with Gasteiger partial charge in [-0.05, 0) is 18.9 Å². The Balaban J connectivity index is 2.09. The molecule has 1 saturated heterocycles. The highest BCUT2D eigenvalue weighted by atomic mass is 32.2. The standard InChI is InChI=1S/C11H13F3N2O4S/c12-11(13,14)7-20-21(18,19)8-5-9(15-6-8)10(17)16-3-1-2-4-16/h5-6,15H,1-4,7H2. The molecule has 21 heavy (non-hydrogen) atoms. The van der Waals surface area contributed by atoms with Gasteiger partial charge in [-0.25, -0.2) is 0 Å². The van der Waals surface area contributed by atoms with Crippen LogP contribution in [0.4, 0.5) is 13.2 Å². The number of carbonyl (C=O) groups is 1. The molecule has 2 heterocycles. The first-order valence-corrected chi connectivity index (χ1v) is 7.54. The third kappa shape index (κ3) is 3.97. The third-order valence-corrected chi connectivity index (χ3v) is 4.19. The molecule has 10 heteroatoms. The van der Waals surface area contributed by atoms with Crippen LogP contribution in [0.2, 0.25) is 0 Å². The monoisotopic (exact) mass is 326 g/mol. The zero-order valence-corrected chi connectivity index (χ0v) is 11.6. The van der Waals surface area contributed by atoms with Crippen LogP contribution in [-0.4, -0.2) is 50.1 Å². The van der Waals surface area contributed by atoms with Gasteiger partial charge in [0, 0.05) is 19.3 Å². The number of hydrogen-bond acceptors (Lipinski definition) is 4. The second-order valence-electron chi connectivity index (χ2n) is 4.58. The lowest BCUT2D eigenvalue weighted by Crippen LogP contribution is -2.27. The molecule has 6 nitrogen and oxygen atoms in total. The zero-order valence-electron chi connectivity index (χ0n) is 10.8.